The van der Waals surface area contributed by atoms with Crippen molar-refractivity contribution in [3.8, 4) is 22.5 Å². The predicted molar refractivity (Wildman–Crippen MR) is 110 cm³/mol. The molecule has 1 unspecified atom stereocenters. The summed E-state index contributed by atoms with van der Waals surface area (Å²) in [5, 5.41) is 10.1. The third kappa shape index (κ3) is 3.45. The lowest BCUT2D eigenvalue weighted by atomic mass is 10.00. The first-order valence-corrected chi connectivity index (χ1v) is 10.2. The van der Waals surface area contributed by atoms with E-state index in [4.69, 9.17) is 9.15 Å². The summed E-state index contributed by atoms with van der Waals surface area (Å²) in [6, 6.07) is 5.82. The van der Waals surface area contributed by atoms with Gasteiger partial charge in [-0.1, -0.05) is 6.07 Å². The first kappa shape index (κ1) is 19.3. The lowest BCUT2D eigenvalue weighted by molar-refractivity contribution is -0.119. The van der Waals surface area contributed by atoms with Crippen molar-refractivity contribution in [2.24, 2.45) is 0 Å². The normalized spacial score (nSPS) is 17.7. The highest BCUT2D eigenvalue weighted by atomic mass is 19.1. The van der Waals surface area contributed by atoms with E-state index in [1.165, 1.54) is 13.2 Å². The van der Waals surface area contributed by atoms with Crippen LogP contribution in [0.2, 0.25) is 0 Å². The van der Waals surface area contributed by atoms with Crippen LogP contribution in [0.4, 0.5) is 14.9 Å². The summed E-state index contributed by atoms with van der Waals surface area (Å²) in [5.74, 6) is -0.597. The number of nitrogens with zero attached hydrogens (tertiary/aromatic N) is 2. The topological polar surface area (TPSA) is 100 Å². The number of aromatic amines is 1. The summed E-state index contributed by atoms with van der Waals surface area (Å²) in [6.45, 7) is 2.08. The maximum atomic E-state index is 14.1. The minimum Gasteiger partial charge on any atom is -0.469 e. The van der Waals surface area contributed by atoms with Gasteiger partial charge in [0.1, 0.15) is 24.3 Å². The Morgan fingerprint density at radius 3 is 2.97 bits per heavy atom. The van der Waals surface area contributed by atoms with Gasteiger partial charge in [-0.05, 0) is 37.0 Å². The molecule has 3 aromatic rings. The lowest BCUT2D eigenvalue weighted by Crippen LogP contribution is -2.33. The smallest absolute Gasteiger partial charge is 0.414 e. The molecule has 9 heteroatoms. The van der Waals surface area contributed by atoms with E-state index in [9.17, 15) is 14.0 Å². The molecule has 8 nitrogen and oxygen atoms in total. The molecule has 2 aliphatic rings. The molecule has 0 radical (unpaired) electrons. The minimum absolute atomic E-state index is 0.162. The van der Waals surface area contributed by atoms with Gasteiger partial charge in [-0.15, -0.1) is 0 Å². The summed E-state index contributed by atoms with van der Waals surface area (Å²) in [4.78, 5) is 25.1. The zero-order valence-electron chi connectivity index (χ0n) is 16.9. The molecule has 160 valence electrons. The first-order chi connectivity index (χ1) is 15.0. The Balaban J connectivity index is 1.44. The molecule has 1 aliphatic carbocycles. The van der Waals surface area contributed by atoms with Crippen LogP contribution in [-0.4, -0.2) is 41.4 Å². The van der Waals surface area contributed by atoms with E-state index in [0.29, 0.717) is 17.8 Å². The molecule has 1 fully saturated rings. The second-order valence-electron chi connectivity index (χ2n) is 7.81. The molecular formula is C22H21FN4O4. The fourth-order valence-corrected chi connectivity index (χ4v) is 4.26. The summed E-state index contributed by atoms with van der Waals surface area (Å²) in [5.41, 5.74) is 5.56. The fourth-order valence-electron chi connectivity index (χ4n) is 4.26. The van der Waals surface area contributed by atoms with Gasteiger partial charge >= 0.3 is 6.09 Å². The van der Waals surface area contributed by atoms with Gasteiger partial charge in [0.25, 0.3) is 0 Å². The number of cyclic esters (lactones) is 1. The molecule has 2 aromatic heterocycles. The fraction of sp³-hybridized carbons (Fsp3) is 0.318. The highest BCUT2D eigenvalue weighted by Gasteiger charge is 2.33. The molecule has 5 rings (SSSR count). The van der Waals surface area contributed by atoms with E-state index in [0.717, 1.165) is 53.6 Å². The number of aryl methyl sites for hydroxylation is 1. The average molecular weight is 424 g/mol. The quantitative estimate of drug-likeness (QED) is 0.668. The Labute approximate surface area is 177 Å². The Hall–Kier alpha value is -3.62. The SMILES string of the molecule is CC(=O)NCC1CN(c2ccc3c(c2)CCCc2c(-c4cocc4F)n[nH]c2-3)C(=O)O1. The van der Waals surface area contributed by atoms with Gasteiger partial charge in [-0.25, -0.2) is 9.18 Å². The third-order valence-electron chi connectivity index (χ3n) is 5.73. The number of amides is 2. The number of anilines is 1. The van der Waals surface area contributed by atoms with Gasteiger partial charge in [0.15, 0.2) is 5.82 Å². The number of halogens is 1. The molecule has 31 heavy (non-hydrogen) atoms. The second-order valence-corrected chi connectivity index (χ2v) is 7.81. The number of hydrogen-bond acceptors (Lipinski definition) is 5. The zero-order valence-corrected chi connectivity index (χ0v) is 16.9. The number of furan rings is 1. The standard InChI is InChI=1S/C22H21FN4O4/c1-12(28)24-8-15-9-27(22(29)31-15)14-5-6-16-13(7-14)3-2-4-17-20(16)25-26-21(17)18-10-30-11-19(18)23/h5-7,10-11,15H,2-4,8-9H2,1H3,(H,24,28)(H,25,26). The van der Waals surface area contributed by atoms with Gasteiger partial charge in [0.2, 0.25) is 5.91 Å². The summed E-state index contributed by atoms with van der Waals surface area (Å²) >= 11 is 0. The Morgan fingerprint density at radius 1 is 1.32 bits per heavy atom. The largest absolute Gasteiger partial charge is 0.469 e. The summed E-state index contributed by atoms with van der Waals surface area (Å²) in [6.07, 6.45) is 4.06. The number of benzene rings is 1. The third-order valence-corrected chi connectivity index (χ3v) is 5.73. The van der Waals surface area contributed by atoms with Crippen LogP contribution >= 0.6 is 0 Å². The number of fused-ring (bicyclic) bond motifs is 3. The van der Waals surface area contributed by atoms with Gasteiger partial charge in [0, 0.05) is 23.7 Å². The molecule has 1 atom stereocenters. The number of rotatable bonds is 4. The van der Waals surface area contributed by atoms with Crippen LogP contribution < -0.4 is 10.2 Å². The van der Waals surface area contributed by atoms with Crippen LogP contribution in [0.25, 0.3) is 22.5 Å². The number of aromatic nitrogens is 2. The monoisotopic (exact) mass is 424 g/mol. The predicted octanol–water partition coefficient (Wildman–Crippen LogP) is 3.43. The van der Waals surface area contributed by atoms with Gasteiger partial charge in [-0.2, -0.15) is 5.10 Å². The molecule has 0 saturated carbocycles. The van der Waals surface area contributed by atoms with Crippen molar-refractivity contribution in [1.29, 1.82) is 0 Å². The van der Waals surface area contributed by atoms with Crippen molar-refractivity contribution >= 4 is 17.7 Å². The number of ether oxygens (including phenoxy) is 1. The molecule has 1 aliphatic heterocycles. The molecule has 2 amide bonds. The van der Waals surface area contributed by atoms with Crippen molar-refractivity contribution in [1.82, 2.24) is 15.5 Å². The average Bonchev–Trinajstić information content (AvgIpc) is 3.42. The molecule has 0 spiro atoms. The van der Waals surface area contributed by atoms with E-state index < -0.39 is 11.9 Å². The van der Waals surface area contributed by atoms with Crippen molar-refractivity contribution in [2.45, 2.75) is 32.3 Å². The van der Waals surface area contributed by atoms with Gasteiger partial charge in [0.05, 0.1) is 24.3 Å². The maximum absolute atomic E-state index is 14.1. The van der Waals surface area contributed by atoms with Crippen molar-refractivity contribution in [3.63, 3.8) is 0 Å². The summed E-state index contributed by atoms with van der Waals surface area (Å²) in [7, 11) is 0. The zero-order chi connectivity index (χ0) is 21.5. The minimum atomic E-state index is -0.435. The van der Waals surface area contributed by atoms with Crippen LogP contribution in [0.15, 0.2) is 35.1 Å². The Kier molecular flexibility index (Phi) is 4.72. The van der Waals surface area contributed by atoms with Gasteiger partial charge in [-0.3, -0.25) is 14.8 Å². The first-order valence-electron chi connectivity index (χ1n) is 10.2. The maximum Gasteiger partial charge on any atom is 0.414 e. The second kappa shape index (κ2) is 7.57. The highest BCUT2D eigenvalue weighted by molar-refractivity contribution is 5.91. The van der Waals surface area contributed by atoms with Crippen molar-refractivity contribution < 1.29 is 23.1 Å². The molecule has 2 N–H and O–H groups in total. The number of carbonyl (C=O) groups excluding carboxylic acids is 2. The van der Waals surface area contributed by atoms with E-state index in [-0.39, 0.29) is 18.6 Å². The molecule has 3 heterocycles. The van der Waals surface area contributed by atoms with E-state index in [2.05, 4.69) is 15.5 Å². The van der Waals surface area contributed by atoms with E-state index in [1.807, 2.05) is 18.2 Å². The van der Waals surface area contributed by atoms with Crippen LogP contribution in [-0.2, 0) is 22.4 Å². The highest BCUT2D eigenvalue weighted by Crippen LogP contribution is 2.38. The van der Waals surface area contributed by atoms with Crippen LogP contribution in [0.3, 0.4) is 0 Å². The Bertz CT molecular complexity index is 1170. The van der Waals surface area contributed by atoms with E-state index in [1.54, 1.807) is 4.90 Å². The van der Waals surface area contributed by atoms with Gasteiger partial charge < -0.3 is 14.5 Å². The Morgan fingerprint density at radius 2 is 2.19 bits per heavy atom. The molecule has 1 saturated heterocycles. The molecule has 0 bridgehead atoms. The van der Waals surface area contributed by atoms with Crippen LogP contribution in [0.5, 0.6) is 0 Å². The summed E-state index contributed by atoms with van der Waals surface area (Å²) < 4.78 is 24.4. The number of nitrogens with one attached hydrogen (secondary N) is 2. The van der Waals surface area contributed by atoms with E-state index >= 15 is 0 Å². The van der Waals surface area contributed by atoms with Crippen LogP contribution in [0.1, 0.15) is 24.5 Å². The molecule has 1 aromatic carbocycles. The lowest BCUT2D eigenvalue weighted by Gasteiger charge is -2.16. The number of hydrogen-bond donors (Lipinski definition) is 2. The number of carbonyl (C=O) groups is 2. The van der Waals surface area contributed by atoms with Crippen molar-refractivity contribution in [3.05, 3.63) is 47.7 Å². The molecular weight excluding hydrogens is 403 g/mol. The van der Waals surface area contributed by atoms with Crippen molar-refractivity contribution in [2.75, 3.05) is 18.0 Å². The number of H-pyrrole nitrogens is 1. The van der Waals surface area contributed by atoms with Crippen LogP contribution in [0, 0.1) is 5.82 Å².